The summed E-state index contributed by atoms with van der Waals surface area (Å²) in [5, 5.41) is 4.45. The molecule has 2 heterocycles. The summed E-state index contributed by atoms with van der Waals surface area (Å²) in [4.78, 5) is 24.8. The molecule has 2 amide bonds. The smallest absolute Gasteiger partial charge is 0.266 e. The lowest BCUT2D eigenvalue weighted by Crippen LogP contribution is -2.41. The van der Waals surface area contributed by atoms with Gasteiger partial charge in [-0.15, -0.1) is 11.3 Å². The van der Waals surface area contributed by atoms with E-state index in [0.29, 0.717) is 16.5 Å². The van der Waals surface area contributed by atoms with Crippen molar-refractivity contribution in [3.8, 4) is 0 Å². The Morgan fingerprint density at radius 1 is 1.25 bits per heavy atom. The Balaban J connectivity index is 1.70. The van der Waals surface area contributed by atoms with Gasteiger partial charge in [-0.2, -0.15) is 5.10 Å². The highest BCUT2D eigenvalue weighted by Gasteiger charge is 2.32. The van der Waals surface area contributed by atoms with E-state index in [9.17, 15) is 9.59 Å². The van der Waals surface area contributed by atoms with Gasteiger partial charge in [-0.25, -0.2) is 0 Å². The first-order chi connectivity index (χ1) is 11.3. The van der Waals surface area contributed by atoms with Crippen LogP contribution in [-0.2, 0) is 5.54 Å². The van der Waals surface area contributed by atoms with Gasteiger partial charge in [0.05, 0.1) is 14.2 Å². The minimum Gasteiger partial charge on any atom is -0.266 e. The quantitative estimate of drug-likeness (QED) is 0.760. The number of rotatable bonds is 3. The molecular weight excluding hydrogens is 392 g/mol. The van der Waals surface area contributed by atoms with Gasteiger partial charge in [-0.05, 0) is 67.7 Å². The van der Waals surface area contributed by atoms with E-state index in [0.717, 1.165) is 22.3 Å². The van der Waals surface area contributed by atoms with Gasteiger partial charge in [0.25, 0.3) is 11.8 Å². The molecule has 6 nitrogen and oxygen atoms in total. The van der Waals surface area contributed by atoms with Crippen LogP contribution in [-0.4, -0.2) is 21.6 Å². The summed E-state index contributed by atoms with van der Waals surface area (Å²) in [7, 11) is 0. The summed E-state index contributed by atoms with van der Waals surface area (Å²) in [5.41, 5.74) is 6.07. The lowest BCUT2D eigenvalue weighted by atomic mass is 10.1. The molecule has 0 unspecified atom stereocenters. The predicted octanol–water partition coefficient (Wildman–Crippen LogP) is 3.41. The van der Waals surface area contributed by atoms with Gasteiger partial charge in [-0.1, -0.05) is 0 Å². The van der Waals surface area contributed by atoms with Crippen LogP contribution in [0.15, 0.2) is 22.0 Å². The molecule has 0 radical (unpaired) electrons. The molecule has 128 valence electrons. The van der Waals surface area contributed by atoms with Gasteiger partial charge in [0.15, 0.2) is 5.69 Å². The summed E-state index contributed by atoms with van der Waals surface area (Å²) < 4.78 is 2.77. The molecule has 1 saturated carbocycles. The molecule has 2 aromatic heterocycles. The zero-order valence-corrected chi connectivity index (χ0v) is 16.1. The second-order valence-electron chi connectivity index (χ2n) is 6.82. The predicted molar refractivity (Wildman–Crippen MR) is 96.1 cm³/mol. The zero-order valence-electron chi connectivity index (χ0n) is 13.7. The highest BCUT2D eigenvalue weighted by atomic mass is 79.9. The van der Waals surface area contributed by atoms with Crippen LogP contribution in [0, 0.1) is 0 Å². The maximum Gasteiger partial charge on any atom is 0.290 e. The maximum atomic E-state index is 12.3. The maximum absolute atomic E-state index is 12.3. The number of carbonyl (C=O) groups is 2. The molecule has 8 heteroatoms. The fourth-order valence-electron chi connectivity index (χ4n) is 2.39. The molecule has 1 fully saturated rings. The summed E-state index contributed by atoms with van der Waals surface area (Å²) in [6.45, 7) is 6.18. The van der Waals surface area contributed by atoms with Crippen molar-refractivity contribution in [2.45, 2.75) is 45.1 Å². The average molecular weight is 411 g/mol. The summed E-state index contributed by atoms with van der Waals surface area (Å²) in [5.74, 6) is -0.281. The number of halogens is 1. The van der Waals surface area contributed by atoms with Crippen LogP contribution in [0.3, 0.4) is 0 Å². The van der Waals surface area contributed by atoms with Crippen LogP contribution in [0.2, 0.25) is 0 Å². The van der Waals surface area contributed by atoms with Gasteiger partial charge in [0.2, 0.25) is 0 Å². The third-order valence-corrected chi connectivity index (χ3v) is 5.31. The normalized spacial score (nSPS) is 14.5. The molecule has 1 aliphatic rings. The Bertz CT molecular complexity index is 786. The van der Waals surface area contributed by atoms with Crippen LogP contribution < -0.4 is 10.9 Å². The lowest BCUT2D eigenvalue weighted by molar-refractivity contribution is 0.0845. The van der Waals surface area contributed by atoms with Gasteiger partial charge in [0.1, 0.15) is 0 Å². The van der Waals surface area contributed by atoms with Crippen molar-refractivity contribution < 1.29 is 9.59 Å². The van der Waals surface area contributed by atoms with Crippen molar-refractivity contribution in [3.05, 3.63) is 38.3 Å². The third-order valence-electron chi connectivity index (χ3n) is 3.69. The Labute approximate surface area is 152 Å². The van der Waals surface area contributed by atoms with Crippen LogP contribution in [0.25, 0.3) is 0 Å². The summed E-state index contributed by atoms with van der Waals surface area (Å²) >= 11 is 4.60. The summed E-state index contributed by atoms with van der Waals surface area (Å²) in [6.07, 6.45) is 2.26. The number of thiophene rings is 1. The monoisotopic (exact) mass is 410 g/mol. The fraction of sp³-hybridized carbons (Fsp3) is 0.438. The number of carbonyl (C=O) groups excluding carboxylic acids is 2. The number of nitrogens with one attached hydrogen (secondary N) is 2. The van der Waals surface area contributed by atoms with E-state index in [-0.39, 0.29) is 11.4 Å². The summed E-state index contributed by atoms with van der Waals surface area (Å²) in [6, 6.07) is 5.30. The molecule has 2 aromatic rings. The average Bonchev–Trinajstić information content (AvgIpc) is 3.08. The topological polar surface area (TPSA) is 76.0 Å². The first-order valence-electron chi connectivity index (χ1n) is 7.72. The molecule has 0 atom stereocenters. The second-order valence-corrected chi connectivity index (χ2v) is 9.29. The molecule has 1 aliphatic carbocycles. The molecule has 0 spiro atoms. The van der Waals surface area contributed by atoms with E-state index in [1.165, 1.54) is 11.3 Å². The van der Waals surface area contributed by atoms with Gasteiger partial charge >= 0.3 is 0 Å². The molecule has 0 saturated heterocycles. The SMILES string of the molecule is CC(C)(C)n1nc(C(=O)NNC(=O)c2ccc(Br)s2)cc1C1CC1. The number of hydrogen-bond donors (Lipinski definition) is 2. The molecule has 0 aliphatic heterocycles. The Hall–Kier alpha value is -1.67. The van der Waals surface area contributed by atoms with Crippen LogP contribution in [0.4, 0.5) is 0 Å². The van der Waals surface area contributed by atoms with Crippen molar-refractivity contribution in [1.29, 1.82) is 0 Å². The molecule has 0 bridgehead atoms. The van der Waals surface area contributed by atoms with Gasteiger partial charge < -0.3 is 0 Å². The van der Waals surface area contributed by atoms with Gasteiger partial charge in [0, 0.05) is 11.6 Å². The van der Waals surface area contributed by atoms with Crippen molar-refractivity contribution in [1.82, 2.24) is 20.6 Å². The van der Waals surface area contributed by atoms with E-state index >= 15 is 0 Å². The standard InChI is InChI=1S/C16H19BrN4O2S/c1-16(2,3)21-11(9-4-5-9)8-10(20-21)14(22)18-19-15(23)12-6-7-13(17)24-12/h6-9H,4-5H2,1-3H3,(H,18,22)(H,19,23). The third kappa shape index (κ3) is 3.70. The Morgan fingerprint density at radius 3 is 2.46 bits per heavy atom. The number of nitrogens with zero attached hydrogens (tertiary/aromatic N) is 2. The van der Waals surface area contributed by atoms with Crippen LogP contribution in [0.1, 0.15) is 65.4 Å². The molecule has 2 N–H and O–H groups in total. The van der Waals surface area contributed by atoms with E-state index < -0.39 is 5.91 Å². The van der Waals surface area contributed by atoms with Crippen molar-refractivity contribution >= 4 is 39.1 Å². The highest BCUT2D eigenvalue weighted by Crippen LogP contribution is 2.41. The zero-order chi connectivity index (χ0) is 17.5. The lowest BCUT2D eigenvalue weighted by Gasteiger charge is -2.22. The van der Waals surface area contributed by atoms with Gasteiger partial charge in [-0.3, -0.25) is 25.1 Å². The van der Waals surface area contributed by atoms with Crippen LogP contribution >= 0.6 is 27.3 Å². The van der Waals surface area contributed by atoms with E-state index in [4.69, 9.17) is 0 Å². The minimum absolute atomic E-state index is 0.192. The molecular formula is C16H19BrN4O2S. The molecule has 24 heavy (non-hydrogen) atoms. The number of amides is 2. The van der Waals surface area contributed by atoms with Crippen LogP contribution in [0.5, 0.6) is 0 Å². The van der Waals surface area contributed by atoms with Crippen molar-refractivity contribution in [3.63, 3.8) is 0 Å². The second kappa shape index (κ2) is 6.33. The minimum atomic E-state index is -0.413. The van der Waals surface area contributed by atoms with E-state index in [2.05, 4.69) is 52.7 Å². The highest BCUT2D eigenvalue weighted by molar-refractivity contribution is 9.11. The Morgan fingerprint density at radius 2 is 1.92 bits per heavy atom. The Kier molecular flexibility index (Phi) is 4.52. The first kappa shape index (κ1) is 17.2. The first-order valence-corrected chi connectivity index (χ1v) is 9.33. The van der Waals surface area contributed by atoms with Crippen molar-refractivity contribution in [2.24, 2.45) is 0 Å². The largest absolute Gasteiger partial charge is 0.290 e. The number of hydrazine groups is 1. The number of hydrogen-bond acceptors (Lipinski definition) is 4. The molecule has 0 aromatic carbocycles. The fourth-order valence-corrected chi connectivity index (χ4v) is 3.67. The van der Waals surface area contributed by atoms with E-state index in [1.807, 2.05) is 10.7 Å². The molecule has 3 rings (SSSR count). The van der Waals surface area contributed by atoms with E-state index in [1.54, 1.807) is 12.1 Å². The number of aromatic nitrogens is 2. The van der Waals surface area contributed by atoms with Crippen molar-refractivity contribution in [2.75, 3.05) is 0 Å².